The first-order chi connectivity index (χ1) is 9.54. The lowest BCUT2D eigenvalue weighted by atomic mass is 9.86. The summed E-state index contributed by atoms with van der Waals surface area (Å²) >= 11 is 0. The predicted molar refractivity (Wildman–Crippen MR) is 75.0 cm³/mol. The molecule has 2 aromatic carbocycles. The van der Waals surface area contributed by atoms with Crippen molar-refractivity contribution >= 4 is 5.91 Å². The Bertz CT molecular complexity index is 569. The van der Waals surface area contributed by atoms with Crippen LogP contribution in [-0.2, 0) is 16.8 Å². The molecule has 0 radical (unpaired) electrons. The minimum absolute atomic E-state index is 0.0988. The van der Waals surface area contributed by atoms with Crippen LogP contribution in [0.1, 0.15) is 11.1 Å². The molecule has 4 heteroatoms. The third kappa shape index (κ3) is 2.87. The number of carbonyl (C=O) groups excluding carboxylic acids is 1. The van der Waals surface area contributed by atoms with Gasteiger partial charge in [0.05, 0.1) is 0 Å². The maximum atomic E-state index is 12.2. The van der Waals surface area contributed by atoms with Gasteiger partial charge in [0, 0.05) is 13.5 Å². The van der Waals surface area contributed by atoms with Gasteiger partial charge in [-0.2, -0.15) is 0 Å². The largest absolute Gasteiger partial charge is 0.375 e. The number of benzene rings is 2. The summed E-state index contributed by atoms with van der Waals surface area (Å²) in [5.74, 6) is -0.757. The number of nitrogens with zero attached hydrogens (tertiary/aromatic N) is 1. The minimum atomic E-state index is -1.79. The van der Waals surface area contributed by atoms with E-state index in [1.54, 1.807) is 30.3 Å². The van der Waals surface area contributed by atoms with E-state index >= 15 is 0 Å². The van der Waals surface area contributed by atoms with Gasteiger partial charge >= 0.3 is 0 Å². The molecular formula is C16H17NO3. The molecule has 2 rings (SSSR count). The number of hydrogen-bond acceptors (Lipinski definition) is 3. The molecular weight excluding hydrogens is 254 g/mol. The molecule has 1 atom stereocenters. The standard InChI is InChI=1S/C16H17NO3/c1-17(20)15(18)16(19,14-10-6-3-7-11-14)12-13-8-4-2-5-9-13/h2-11,19-20H,12H2,1H3. The summed E-state index contributed by atoms with van der Waals surface area (Å²) in [6.45, 7) is 0. The second-order valence-corrected chi connectivity index (χ2v) is 4.72. The molecule has 20 heavy (non-hydrogen) atoms. The van der Waals surface area contributed by atoms with Crippen LogP contribution in [0.2, 0.25) is 0 Å². The molecule has 0 bridgehead atoms. The highest BCUT2D eigenvalue weighted by molar-refractivity contribution is 5.85. The van der Waals surface area contributed by atoms with Crippen molar-refractivity contribution in [1.29, 1.82) is 0 Å². The van der Waals surface area contributed by atoms with Gasteiger partial charge in [0.15, 0.2) is 5.60 Å². The molecule has 2 aromatic rings. The molecule has 0 heterocycles. The number of rotatable bonds is 4. The van der Waals surface area contributed by atoms with Gasteiger partial charge in [0.2, 0.25) is 0 Å². The van der Waals surface area contributed by atoms with Crippen LogP contribution in [0.15, 0.2) is 60.7 Å². The zero-order valence-corrected chi connectivity index (χ0v) is 11.2. The van der Waals surface area contributed by atoms with Crippen LogP contribution < -0.4 is 0 Å². The van der Waals surface area contributed by atoms with Crippen molar-refractivity contribution in [2.45, 2.75) is 12.0 Å². The van der Waals surface area contributed by atoms with Crippen LogP contribution in [0, 0.1) is 0 Å². The second-order valence-electron chi connectivity index (χ2n) is 4.72. The summed E-state index contributed by atoms with van der Waals surface area (Å²) in [5, 5.41) is 20.7. The van der Waals surface area contributed by atoms with Gasteiger partial charge in [-0.1, -0.05) is 60.7 Å². The van der Waals surface area contributed by atoms with Crippen molar-refractivity contribution in [3.05, 3.63) is 71.8 Å². The van der Waals surface area contributed by atoms with Crippen molar-refractivity contribution in [3.8, 4) is 0 Å². The summed E-state index contributed by atoms with van der Waals surface area (Å²) in [7, 11) is 1.21. The Morgan fingerprint density at radius 2 is 1.55 bits per heavy atom. The summed E-state index contributed by atoms with van der Waals surface area (Å²) in [5.41, 5.74) is -0.518. The molecule has 2 N–H and O–H groups in total. The molecule has 1 amide bonds. The Morgan fingerprint density at radius 1 is 1.05 bits per heavy atom. The van der Waals surface area contributed by atoms with Crippen LogP contribution in [0.4, 0.5) is 0 Å². The average Bonchev–Trinajstić information content (AvgIpc) is 2.48. The van der Waals surface area contributed by atoms with Gasteiger partial charge in [0.1, 0.15) is 0 Å². The molecule has 104 valence electrons. The lowest BCUT2D eigenvalue weighted by Gasteiger charge is -2.29. The number of carbonyl (C=O) groups is 1. The lowest BCUT2D eigenvalue weighted by molar-refractivity contribution is -0.181. The number of amides is 1. The van der Waals surface area contributed by atoms with Crippen molar-refractivity contribution < 1.29 is 15.1 Å². The van der Waals surface area contributed by atoms with Crippen LogP contribution in [0.3, 0.4) is 0 Å². The van der Waals surface area contributed by atoms with E-state index in [1.165, 1.54) is 7.05 Å². The van der Waals surface area contributed by atoms with E-state index in [-0.39, 0.29) is 6.42 Å². The molecule has 0 aliphatic carbocycles. The molecule has 0 aliphatic rings. The highest BCUT2D eigenvalue weighted by atomic mass is 16.5. The van der Waals surface area contributed by atoms with E-state index < -0.39 is 11.5 Å². The van der Waals surface area contributed by atoms with Crippen LogP contribution in [-0.4, -0.2) is 28.3 Å². The van der Waals surface area contributed by atoms with E-state index in [4.69, 9.17) is 0 Å². The number of aliphatic hydroxyl groups is 1. The van der Waals surface area contributed by atoms with Crippen molar-refractivity contribution in [3.63, 3.8) is 0 Å². The fraction of sp³-hybridized carbons (Fsp3) is 0.188. The quantitative estimate of drug-likeness (QED) is 0.660. The lowest BCUT2D eigenvalue weighted by Crippen LogP contribution is -2.45. The summed E-state index contributed by atoms with van der Waals surface area (Å²) in [6.07, 6.45) is 0.0988. The first-order valence-electron chi connectivity index (χ1n) is 6.33. The highest BCUT2D eigenvalue weighted by Gasteiger charge is 2.40. The fourth-order valence-electron chi connectivity index (χ4n) is 2.17. The summed E-state index contributed by atoms with van der Waals surface area (Å²) in [4.78, 5) is 12.2. The maximum Gasteiger partial charge on any atom is 0.282 e. The van der Waals surface area contributed by atoms with Gasteiger partial charge in [-0.15, -0.1) is 0 Å². The molecule has 0 saturated carbocycles. The van der Waals surface area contributed by atoms with Crippen molar-refractivity contribution in [2.75, 3.05) is 7.05 Å². The molecule has 4 nitrogen and oxygen atoms in total. The molecule has 0 saturated heterocycles. The average molecular weight is 271 g/mol. The first-order valence-corrected chi connectivity index (χ1v) is 6.33. The molecule has 0 aromatic heterocycles. The highest BCUT2D eigenvalue weighted by Crippen LogP contribution is 2.27. The van der Waals surface area contributed by atoms with E-state index in [9.17, 15) is 15.1 Å². The Morgan fingerprint density at radius 3 is 2.05 bits per heavy atom. The maximum absolute atomic E-state index is 12.2. The van der Waals surface area contributed by atoms with Gasteiger partial charge in [-0.3, -0.25) is 10.0 Å². The Balaban J connectivity index is 2.42. The Labute approximate surface area is 117 Å². The third-order valence-electron chi connectivity index (χ3n) is 3.20. The summed E-state index contributed by atoms with van der Waals surface area (Å²) in [6, 6.07) is 17.9. The van der Waals surface area contributed by atoms with E-state index in [0.29, 0.717) is 10.6 Å². The summed E-state index contributed by atoms with van der Waals surface area (Å²) < 4.78 is 0. The Kier molecular flexibility index (Phi) is 4.17. The SMILES string of the molecule is CN(O)C(=O)C(O)(Cc1ccccc1)c1ccccc1. The van der Waals surface area contributed by atoms with Gasteiger partial charge in [-0.05, 0) is 11.1 Å². The third-order valence-corrected chi connectivity index (χ3v) is 3.20. The van der Waals surface area contributed by atoms with E-state index in [0.717, 1.165) is 5.56 Å². The van der Waals surface area contributed by atoms with Gasteiger partial charge in [0.25, 0.3) is 5.91 Å². The molecule has 1 unspecified atom stereocenters. The zero-order valence-electron chi connectivity index (χ0n) is 11.2. The number of likely N-dealkylation sites (N-methyl/N-ethyl adjacent to an activating group) is 1. The predicted octanol–water partition coefficient (Wildman–Crippen LogP) is 1.96. The number of hydrogen-bond donors (Lipinski definition) is 2. The van der Waals surface area contributed by atoms with Gasteiger partial charge in [-0.25, -0.2) is 5.06 Å². The minimum Gasteiger partial charge on any atom is -0.375 e. The molecule has 0 fully saturated rings. The van der Waals surface area contributed by atoms with Crippen molar-refractivity contribution in [1.82, 2.24) is 5.06 Å². The van der Waals surface area contributed by atoms with E-state index in [1.807, 2.05) is 30.3 Å². The van der Waals surface area contributed by atoms with E-state index in [2.05, 4.69) is 0 Å². The zero-order chi connectivity index (χ0) is 14.6. The van der Waals surface area contributed by atoms with Crippen LogP contribution in [0.25, 0.3) is 0 Å². The van der Waals surface area contributed by atoms with Gasteiger partial charge < -0.3 is 5.11 Å². The van der Waals surface area contributed by atoms with Crippen LogP contribution >= 0.6 is 0 Å². The second kappa shape index (κ2) is 5.86. The van der Waals surface area contributed by atoms with Crippen LogP contribution in [0.5, 0.6) is 0 Å². The van der Waals surface area contributed by atoms with Crippen molar-refractivity contribution in [2.24, 2.45) is 0 Å². The normalized spacial score (nSPS) is 13.6. The molecule has 0 spiro atoms. The monoisotopic (exact) mass is 271 g/mol. The smallest absolute Gasteiger partial charge is 0.282 e. The topological polar surface area (TPSA) is 60.8 Å². The molecule has 0 aliphatic heterocycles. The fourth-order valence-corrected chi connectivity index (χ4v) is 2.17. The first kappa shape index (κ1) is 14.2. The number of hydroxylamine groups is 2. The Hall–Kier alpha value is -2.17.